The van der Waals surface area contributed by atoms with Crippen molar-refractivity contribution in [2.24, 2.45) is 9.98 Å². The van der Waals surface area contributed by atoms with Gasteiger partial charge in [-0.3, -0.25) is 9.98 Å². The first-order valence-corrected chi connectivity index (χ1v) is 9.83. The third-order valence-corrected chi connectivity index (χ3v) is 4.78. The van der Waals surface area contributed by atoms with Crippen molar-refractivity contribution in [3.8, 4) is 0 Å². The molecule has 0 aliphatic carbocycles. The van der Waals surface area contributed by atoms with Crippen LogP contribution in [0.5, 0.6) is 0 Å². The van der Waals surface area contributed by atoms with Crippen molar-refractivity contribution in [1.29, 1.82) is 0 Å². The molecule has 2 rings (SSSR count). The maximum atomic E-state index is 6.01. The monoisotopic (exact) mass is 385 g/mol. The molecule has 0 atom stereocenters. The number of benzene rings is 2. The topological polar surface area (TPSA) is 50.7 Å². The van der Waals surface area contributed by atoms with Crippen LogP contribution in [0.4, 0.5) is 11.4 Å². The highest BCUT2D eigenvalue weighted by atomic mass is 14.8. The van der Waals surface area contributed by atoms with E-state index in [4.69, 9.17) is 5.73 Å². The molecule has 0 fully saturated rings. The van der Waals surface area contributed by atoms with Gasteiger partial charge in [-0.1, -0.05) is 74.5 Å². The summed E-state index contributed by atoms with van der Waals surface area (Å²) >= 11 is 0. The standard InChI is InChI=1S/C26H31N3/c1-6-12-21(19-20(2)29-24-16-11-10-15-23(24)27)17-18-25(28-5)26(3,4)22-13-8-7-9-14-22/h6-19H,27H2,1-5H3/b12-6-,18-17+,21-19+,28-25+,29-20+. The van der Waals surface area contributed by atoms with E-state index in [1.54, 1.807) is 0 Å². The van der Waals surface area contributed by atoms with Crippen LogP contribution in [0.3, 0.4) is 0 Å². The average molecular weight is 386 g/mol. The molecule has 0 bridgehead atoms. The Morgan fingerprint density at radius 2 is 1.59 bits per heavy atom. The lowest BCUT2D eigenvalue weighted by molar-refractivity contribution is 0.719. The second-order valence-corrected chi connectivity index (χ2v) is 7.39. The number of nitrogen functional groups attached to an aromatic ring is 1. The molecule has 0 unspecified atom stereocenters. The maximum Gasteiger partial charge on any atom is 0.0862 e. The number of allylic oxidation sites excluding steroid dienone is 6. The van der Waals surface area contributed by atoms with Crippen LogP contribution in [-0.2, 0) is 5.41 Å². The minimum absolute atomic E-state index is 0.185. The smallest absolute Gasteiger partial charge is 0.0862 e. The SMILES string of the molecule is C\C=C/C(/C=C/C(=N\C)C(C)(C)c1ccccc1)=C\C(C)=N\c1ccccc1N. The zero-order valence-corrected chi connectivity index (χ0v) is 18.1. The molecule has 0 aliphatic heterocycles. The molecule has 3 heteroatoms. The number of aliphatic imine (C=N–C) groups is 2. The molecule has 0 amide bonds. The summed E-state index contributed by atoms with van der Waals surface area (Å²) in [7, 11) is 1.84. The van der Waals surface area contributed by atoms with Crippen molar-refractivity contribution in [3.05, 3.63) is 96.1 Å². The first kappa shape index (κ1) is 22.1. The summed E-state index contributed by atoms with van der Waals surface area (Å²) in [5.41, 5.74) is 11.5. The number of hydrogen-bond donors (Lipinski definition) is 1. The highest BCUT2D eigenvalue weighted by molar-refractivity contribution is 6.03. The first-order valence-electron chi connectivity index (χ1n) is 9.83. The van der Waals surface area contributed by atoms with Crippen LogP contribution in [0, 0.1) is 0 Å². The molecule has 2 N–H and O–H groups in total. The average Bonchev–Trinajstić information content (AvgIpc) is 2.70. The molecule has 0 saturated carbocycles. The lowest BCUT2D eigenvalue weighted by Gasteiger charge is -2.25. The van der Waals surface area contributed by atoms with E-state index in [1.165, 1.54) is 5.56 Å². The highest BCUT2D eigenvalue weighted by Crippen LogP contribution is 2.26. The van der Waals surface area contributed by atoms with Gasteiger partial charge in [0.05, 0.1) is 11.4 Å². The van der Waals surface area contributed by atoms with E-state index in [0.29, 0.717) is 5.69 Å². The molecule has 29 heavy (non-hydrogen) atoms. The molecular formula is C26H31N3. The molecule has 150 valence electrons. The number of para-hydroxylation sites is 2. The minimum atomic E-state index is -0.185. The van der Waals surface area contributed by atoms with E-state index in [1.807, 2.05) is 63.4 Å². The lowest BCUT2D eigenvalue weighted by Crippen LogP contribution is -2.27. The van der Waals surface area contributed by atoms with Crippen LogP contribution in [0.15, 0.2) is 101 Å². The van der Waals surface area contributed by atoms with E-state index >= 15 is 0 Å². The zero-order chi connectivity index (χ0) is 21.3. The summed E-state index contributed by atoms with van der Waals surface area (Å²) in [5, 5.41) is 0. The second kappa shape index (κ2) is 10.4. The van der Waals surface area contributed by atoms with E-state index < -0.39 is 0 Å². The zero-order valence-electron chi connectivity index (χ0n) is 18.1. The molecule has 0 aliphatic rings. The van der Waals surface area contributed by atoms with Crippen molar-refractivity contribution in [1.82, 2.24) is 0 Å². The largest absolute Gasteiger partial charge is 0.397 e. The Bertz CT molecular complexity index is 958. The number of nitrogens with two attached hydrogens (primary N) is 1. The van der Waals surface area contributed by atoms with Gasteiger partial charge in [-0.2, -0.15) is 0 Å². The van der Waals surface area contributed by atoms with Crippen molar-refractivity contribution in [2.45, 2.75) is 33.1 Å². The van der Waals surface area contributed by atoms with Gasteiger partial charge in [0, 0.05) is 23.9 Å². The Kier molecular flexibility index (Phi) is 7.90. The molecule has 0 radical (unpaired) electrons. The van der Waals surface area contributed by atoms with E-state index in [9.17, 15) is 0 Å². The van der Waals surface area contributed by atoms with E-state index in [2.05, 4.69) is 66.3 Å². The summed E-state index contributed by atoms with van der Waals surface area (Å²) in [4.78, 5) is 9.20. The van der Waals surface area contributed by atoms with Crippen LogP contribution in [0.25, 0.3) is 0 Å². The third-order valence-electron chi connectivity index (χ3n) is 4.78. The van der Waals surface area contributed by atoms with Crippen molar-refractivity contribution < 1.29 is 0 Å². The molecule has 2 aromatic rings. The number of anilines is 1. The van der Waals surface area contributed by atoms with Gasteiger partial charge >= 0.3 is 0 Å². The van der Waals surface area contributed by atoms with E-state index in [-0.39, 0.29) is 5.41 Å². The summed E-state index contributed by atoms with van der Waals surface area (Å²) in [6.07, 6.45) is 10.3. The van der Waals surface area contributed by atoms with Crippen molar-refractivity contribution in [3.63, 3.8) is 0 Å². The van der Waals surface area contributed by atoms with Gasteiger partial charge in [0.25, 0.3) is 0 Å². The predicted molar refractivity (Wildman–Crippen MR) is 128 cm³/mol. The van der Waals surface area contributed by atoms with Crippen LogP contribution in [0.1, 0.15) is 33.3 Å². The Morgan fingerprint density at radius 3 is 2.21 bits per heavy atom. The third kappa shape index (κ3) is 6.15. The quantitative estimate of drug-likeness (QED) is 0.331. The molecule has 0 aromatic heterocycles. The molecule has 3 nitrogen and oxygen atoms in total. The maximum absolute atomic E-state index is 6.01. The van der Waals surface area contributed by atoms with Crippen LogP contribution < -0.4 is 5.73 Å². The fraction of sp³-hybridized carbons (Fsp3) is 0.231. The van der Waals surface area contributed by atoms with Gasteiger partial charge in [-0.25, -0.2) is 0 Å². The van der Waals surface area contributed by atoms with Crippen LogP contribution in [0.2, 0.25) is 0 Å². The van der Waals surface area contributed by atoms with Crippen molar-refractivity contribution >= 4 is 22.8 Å². The predicted octanol–water partition coefficient (Wildman–Crippen LogP) is 6.47. The molecule has 0 heterocycles. The number of nitrogens with zero attached hydrogens (tertiary/aromatic N) is 2. The van der Waals surface area contributed by atoms with Gasteiger partial charge in [0.15, 0.2) is 0 Å². The summed E-state index contributed by atoms with van der Waals surface area (Å²) < 4.78 is 0. The Hall–Kier alpha value is -3.20. The summed E-state index contributed by atoms with van der Waals surface area (Å²) in [6, 6.07) is 18.1. The number of hydrogen-bond acceptors (Lipinski definition) is 3. The normalized spacial score (nSPS) is 14.2. The summed E-state index contributed by atoms with van der Waals surface area (Å²) in [6.45, 7) is 8.37. The van der Waals surface area contributed by atoms with Crippen LogP contribution >= 0.6 is 0 Å². The lowest BCUT2D eigenvalue weighted by atomic mass is 9.79. The Morgan fingerprint density at radius 1 is 0.931 bits per heavy atom. The van der Waals surface area contributed by atoms with Gasteiger partial charge in [0.1, 0.15) is 0 Å². The van der Waals surface area contributed by atoms with Gasteiger partial charge < -0.3 is 5.73 Å². The number of rotatable bonds is 7. The summed E-state index contributed by atoms with van der Waals surface area (Å²) in [5.74, 6) is 0. The van der Waals surface area contributed by atoms with Crippen molar-refractivity contribution in [2.75, 3.05) is 12.8 Å². The molecule has 0 spiro atoms. The Balaban J connectivity index is 2.32. The highest BCUT2D eigenvalue weighted by Gasteiger charge is 2.24. The minimum Gasteiger partial charge on any atom is -0.397 e. The Labute approximate surface area is 175 Å². The first-order chi connectivity index (χ1) is 13.9. The van der Waals surface area contributed by atoms with E-state index in [0.717, 1.165) is 22.7 Å². The molecule has 0 saturated heterocycles. The van der Waals surface area contributed by atoms with Gasteiger partial charge in [-0.15, -0.1) is 0 Å². The van der Waals surface area contributed by atoms with Crippen LogP contribution in [-0.4, -0.2) is 18.5 Å². The van der Waals surface area contributed by atoms with Gasteiger partial charge in [-0.05, 0) is 49.3 Å². The molecule has 2 aromatic carbocycles. The fourth-order valence-corrected chi connectivity index (χ4v) is 3.14. The molecular weight excluding hydrogens is 354 g/mol. The fourth-order valence-electron chi connectivity index (χ4n) is 3.14. The van der Waals surface area contributed by atoms with Gasteiger partial charge in [0.2, 0.25) is 0 Å². The second-order valence-electron chi connectivity index (χ2n) is 7.39.